The minimum Gasteiger partial charge on any atom is -0.461 e. The van der Waals surface area contributed by atoms with Gasteiger partial charge in [0.1, 0.15) is 6.61 Å². The molecule has 0 spiro atoms. The maximum Gasteiger partial charge on any atom is 0.306 e. The van der Waals surface area contributed by atoms with E-state index in [9.17, 15) is 9.59 Å². The topological polar surface area (TPSA) is 43.4 Å². The summed E-state index contributed by atoms with van der Waals surface area (Å²) in [6.07, 6.45) is 8.47. The van der Waals surface area contributed by atoms with Crippen molar-refractivity contribution < 1.29 is 14.3 Å². The van der Waals surface area contributed by atoms with E-state index in [0.717, 1.165) is 38.5 Å². The Morgan fingerprint density at radius 3 is 2.06 bits per heavy atom. The highest BCUT2D eigenvalue weighted by Gasteiger charge is 2.01. The number of hydrogen-bond acceptors (Lipinski definition) is 3. The molecule has 0 saturated carbocycles. The number of unbranched alkanes of at least 4 members (excludes halogenated alkanes) is 5. The molecular formula is C13H21ClO3. The third-order valence-corrected chi connectivity index (χ3v) is 2.56. The van der Waals surface area contributed by atoms with E-state index >= 15 is 0 Å². The predicted molar refractivity (Wildman–Crippen MR) is 69.0 cm³/mol. The summed E-state index contributed by atoms with van der Waals surface area (Å²) in [5.74, 6) is -0.155. The van der Waals surface area contributed by atoms with Crippen LogP contribution in [-0.2, 0) is 14.3 Å². The van der Waals surface area contributed by atoms with E-state index in [1.807, 2.05) is 0 Å². The molecule has 0 aromatic heterocycles. The lowest BCUT2D eigenvalue weighted by Gasteiger charge is -2.02. The van der Waals surface area contributed by atoms with Crippen LogP contribution in [-0.4, -0.2) is 17.8 Å². The Bertz CT molecular complexity index is 239. The highest BCUT2D eigenvalue weighted by molar-refractivity contribution is 6.63. The normalized spacial score (nSPS) is 9.94. The second-order valence-corrected chi connectivity index (χ2v) is 4.37. The molecule has 0 aromatic carbocycles. The van der Waals surface area contributed by atoms with Crippen LogP contribution in [0.25, 0.3) is 0 Å². The number of hydrogen-bond donors (Lipinski definition) is 0. The summed E-state index contributed by atoms with van der Waals surface area (Å²) in [4.78, 5) is 21.5. The fraction of sp³-hybridized carbons (Fsp3) is 0.692. The van der Waals surface area contributed by atoms with Gasteiger partial charge >= 0.3 is 5.97 Å². The maximum atomic E-state index is 11.1. The van der Waals surface area contributed by atoms with Gasteiger partial charge in [-0.15, -0.1) is 0 Å². The quantitative estimate of drug-likeness (QED) is 0.247. The molecule has 0 heterocycles. The maximum absolute atomic E-state index is 11.1. The molecule has 0 aliphatic carbocycles. The molecule has 0 atom stereocenters. The third-order valence-electron chi connectivity index (χ3n) is 2.37. The molecule has 98 valence electrons. The van der Waals surface area contributed by atoms with Crippen LogP contribution in [0.4, 0.5) is 0 Å². The van der Waals surface area contributed by atoms with Crippen LogP contribution in [0.3, 0.4) is 0 Å². The standard InChI is InChI=1S/C13H21ClO3/c1-2-11-17-13(16)10-8-6-4-3-5-7-9-12(14)15/h2H,1,3-11H2. The molecule has 0 saturated heterocycles. The highest BCUT2D eigenvalue weighted by atomic mass is 35.5. The first kappa shape index (κ1) is 16.2. The van der Waals surface area contributed by atoms with Crippen molar-refractivity contribution in [2.45, 2.75) is 51.4 Å². The number of ether oxygens (including phenoxy) is 1. The van der Waals surface area contributed by atoms with Gasteiger partial charge in [-0.2, -0.15) is 0 Å². The molecule has 0 rings (SSSR count). The SMILES string of the molecule is C=CCOC(=O)CCCCCCCCC(=O)Cl. The monoisotopic (exact) mass is 260 g/mol. The average molecular weight is 261 g/mol. The first-order valence-electron chi connectivity index (χ1n) is 6.11. The second kappa shape index (κ2) is 11.6. The van der Waals surface area contributed by atoms with Crippen LogP contribution in [0, 0.1) is 0 Å². The van der Waals surface area contributed by atoms with Gasteiger partial charge in [0.2, 0.25) is 5.24 Å². The van der Waals surface area contributed by atoms with Crippen molar-refractivity contribution >= 4 is 22.8 Å². The lowest BCUT2D eigenvalue weighted by Crippen LogP contribution is -2.03. The Balaban J connectivity index is 3.15. The Kier molecular flexibility index (Phi) is 11.1. The smallest absolute Gasteiger partial charge is 0.306 e. The van der Waals surface area contributed by atoms with Crippen LogP contribution < -0.4 is 0 Å². The minimum atomic E-state index is -0.255. The van der Waals surface area contributed by atoms with Crippen LogP contribution in [0.5, 0.6) is 0 Å². The van der Waals surface area contributed by atoms with Crippen LogP contribution >= 0.6 is 11.6 Å². The Hall–Kier alpha value is -0.830. The molecule has 0 amide bonds. The van der Waals surface area contributed by atoms with Crippen LogP contribution in [0.15, 0.2) is 12.7 Å². The third kappa shape index (κ3) is 13.1. The lowest BCUT2D eigenvalue weighted by atomic mass is 10.1. The molecule has 0 bridgehead atoms. The first-order valence-corrected chi connectivity index (χ1v) is 6.49. The first-order chi connectivity index (χ1) is 8.16. The zero-order chi connectivity index (χ0) is 12.9. The molecule has 0 unspecified atom stereocenters. The van der Waals surface area contributed by atoms with E-state index in [-0.39, 0.29) is 11.2 Å². The molecule has 4 heteroatoms. The molecular weight excluding hydrogens is 240 g/mol. The number of rotatable bonds is 11. The molecule has 0 aliphatic heterocycles. The van der Waals surface area contributed by atoms with Crippen molar-refractivity contribution in [3.63, 3.8) is 0 Å². The Labute approximate surface area is 108 Å². The van der Waals surface area contributed by atoms with E-state index in [1.54, 1.807) is 6.08 Å². The fourth-order valence-electron chi connectivity index (χ4n) is 1.46. The van der Waals surface area contributed by atoms with E-state index in [2.05, 4.69) is 6.58 Å². The molecule has 17 heavy (non-hydrogen) atoms. The van der Waals surface area contributed by atoms with Crippen molar-refractivity contribution in [1.29, 1.82) is 0 Å². The number of carbonyl (C=O) groups is 2. The van der Waals surface area contributed by atoms with Crippen LogP contribution in [0.1, 0.15) is 51.4 Å². The van der Waals surface area contributed by atoms with Gasteiger partial charge in [-0.1, -0.05) is 38.3 Å². The summed E-state index contributed by atoms with van der Waals surface area (Å²) in [5.41, 5.74) is 0. The van der Waals surface area contributed by atoms with Gasteiger partial charge in [0.25, 0.3) is 0 Å². The van der Waals surface area contributed by atoms with Gasteiger partial charge in [0.05, 0.1) is 0 Å². The van der Waals surface area contributed by atoms with Gasteiger partial charge in [0.15, 0.2) is 0 Å². The summed E-state index contributed by atoms with van der Waals surface area (Å²) < 4.78 is 4.85. The summed E-state index contributed by atoms with van der Waals surface area (Å²) in [7, 11) is 0. The van der Waals surface area contributed by atoms with Crippen molar-refractivity contribution in [2.24, 2.45) is 0 Å². The molecule has 0 radical (unpaired) electrons. The number of carbonyl (C=O) groups excluding carboxylic acids is 2. The predicted octanol–water partition coefficient (Wildman–Crippen LogP) is 3.60. The summed E-state index contributed by atoms with van der Waals surface area (Å²) in [6.45, 7) is 3.77. The second-order valence-electron chi connectivity index (χ2n) is 3.95. The average Bonchev–Trinajstić information content (AvgIpc) is 2.29. The minimum absolute atomic E-state index is 0.155. The van der Waals surface area contributed by atoms with Crippen molar-refractivity contribution in [2.75, 3.05) is 6.61 Å². The largest absolute Gasteiger partial charge is 0.461 e. The summed E-state index contributed by atoms with van der Waals surface area (Å²) in [5, 5.41) is -0.255. The van der Waals surface area contributed by atoms with Gasteiger partial charge in [0, 0.05) is 12.8 Å². The summed E-state index contributed by atoms with van der Waals surface area (Å²) >= 11 is 5.22. The van der Waals surface area contributed by atoms with E-state index < -0.39 is 0 Å². The van der Waals surface area contributed by atoms with Gasteiger partial charge in [-0.3, -0.25) is 9.59 Å². The zero-order valence-corrected chi connectivity index (χ0v) is 11.0. The Morgan fingerprint density at radius 2 is 1.53 bits per heavy atom. The Morgan fingerprint density at radius 1 is 1.00 bits per heavy atom. The molecule has 0 fully saturated rings. The van der Waals surface area contributed by atoms with Crippen molar-refractivity contribution in [1.82, 2.24) is 0 Å². The molecule has 3 nitrogen and oxygen atoms in total. The molecule has 0 aromatic rings. The van der Waals surface area contributed by atoms with Gasteiger partial charge in [-0.25, -0.2) is 0 Å². The van der Waals surface area contributed by atoms with E-state index in [1.165, 1.54) is 0 Å². The van der Waals surface area contributed by atoms with Crippen LogP contribution in [0.2, 0.25) is 0 Å². The van der Waals surface area contributed by atoms with Gasteiger partial charge < -0.3 is 4.74 Å². The van der Waals surface area contributed by atoms with E-state index in [4.69, 9.17) is 16.3 Å². The molecule has 0 N–H and O–H groups in total. The lowest BCUT2D eigenvalue weighted by molar-refractivity contribution is -0.142. The van der Waals surface area contributed by atoms with Crippen molar-refractivity contribution in [3.8, 4) is 0 Å². The number of halogens is 1. The number of esters is 1. The molecule has 0 aliphatic rings. The fourth-order valence-corrected chi connectivity index (χ4v) is 1.60. The highest BCUT2D eigenvalue weighted by Crippen LogP contribution is 2.09. The van der Waals surface area contributed by atoms with E-state index in [0.29, 0.717) is 19.4 Å². The summed E-state index contributed by atoms with van der Waals surface area (Å²) in [6, 6.07) is 0. The van der Waals surface area contributed by atoms with Crippen molar-refractivity contribution in [3.05, 3.63) is 12.7 Å². The van der Waals surface area contributed by atoms with Gasteiger partial charge in [-0.05, 0) is 24.4 Å². The zero-order valence-electron chi connectivity index (χ0n) is 10.3.